The number of rotatable bonds is 4. The number of aromatic nitrogens is 2. The molecule has 6 heteroatoms. The van der Waals surface area contributed by atoms with Gasteiger partial charge >= 0.3 is 0 Å². The Kier molecular flexibility index (Phi) is 5.52. The molecule has 1 aromatic heterocycles. The number of piperidine rings is 2. The Morgan fingerprint density at radius 3 is 2.64 bits per heavy atom. The summed E-state index contributed by atoms with van der Waals surface area (Å²) in [6, 6.07) is 0.430. The molecule has 0 aliphatic carbocycles. The Morgan fingerprint density at radius 2 is 2.00 bits per heavy atom. The highest BCUT2D eigenvalue weighted by Crippen LogP contribution is 2.25. The highest BCUT2D eigenvalue weighted by molar-refractivity contribution is 9.10. The molecule has 3 heterocycles. The molecular weight excluding hydrogens is 344 g/mol. The topological polar surface area (TPSA) is 50.2 Å². The molecule has 1 aromatic rings. The molecule has 0 radical (unpaired) electrons. The van der Waals surface area contributed by atoms with E-state index in [1.165, 1.54) is 12.8 Å². The molecule has 0 aromatic carbocycles. The average molecular weight is 369 g/mol. The van der Waals surface area contributed by atoms with Gasteiger partial charge in [0.15, 0.2) is 0 Å². The van der Waals surface area contributed by atoms with Crippen LogP contribution in [0.2, 0.25) is 0 Å². The molecule has 5 nitrogen and oxygen atoms in total. The molecule has 2 fully saturated rings. The Bertz CT molecular complexity index is 490. The van der Waals surface area contributed by atoms with E-state index in [4.69, 9.17) is 0 Å². The van der Waals surface area contributed by atoms with Gasteiger partial charge in [-0.1, -0.05) is 0 Å². The van der Waals surface area contributed by atoms with E-state index in [9.17, 15) is 4.79 Å². The second-order valence-electron chi connectivity index (χ2n) is 6.48. The predicted octanol–water partition coefficient (Wildman–Crippen LogP) is 2.59. The summed E-state index contributed by atoms with van der Waals surface area (Å²) >= 11 is 3.44. The van der Waals surface area contributed by atoms with Gasteiger partial charge in [-0.05, 0) is 67.0 Å². The molecule has 2 aliphatic rings. The molecule has 2 saturated heterocycles. The quantitative estimate of drug-likeness (QED) is 0.888. The van der Waals surface area contributed by atoms with Crippen LogP contribution in [-0.4, -0.2) is 46.8 Å². The summed E-state index contributed by atoms with van der Waals surface area (Å²) in [4.78, 5) is 14.4. The van der Waals surface area contributed by atoms with Crippen molar-refractivity contribution in [3.05, 3.63) is 16.9 Å². The summed E-state index contributed by atoms with van der Waals surface area (Å²) < 4.78 is 3.05. The number of carbonyl (C=O) groups is 1. The average Bonchev–Trinajstić information content (AvgIpc) is 3.00. The van der Waals surface area contributed by atoms with Crippen LogP contribution in [0.5, 0.6) is 0 Å². The summed E-state index contributed by atoms with van der Waals surface area (Å²) in [5.74, 6) is 1.09. The second-order valence-corrected chi connectivity index (χ2v) is 7.40. The molecule has 2 aliphatic heterocycles. The van der Waals surface area contributed by atoms with E-state index in [1.54, 1.807) is 0 Å². The summed E-state index contributed by atoms with van der Waals surface area (Å²) in [6.45, 7) is 3.97. The lowest BCUT2D eigenvalue weighted by molar-refractivity contribution is -0.132. The van der Waals surface area contributed by atoms with Crippen molar-refractivity contribution in [1.29, 1.82) is 0 Å². The third-order valence-electron chi connectivity index (χ3n) is 4.99. The number of amides is 1. The van der Waals surface area contributed by atoms with Crippen LogP contribution in [0.15, 0.2) is 16.9 Å². The molecular formula is C16H25BrN4O. The van der Waals surface area contributed by atoms with E-state index in [2.05, 4.69) is 31.2 Å². The van der Waals surface area contributed by atoms with E-state index in [-0.39, 0.29) is 0 Å². The monoisotopic (exact) mass is 368 g/mol. The van der Waals surface area contributed by atoms with Gasteiger partial charge in [0.1, 0.15) is 0 Å². The molecule has 1 N–H and O–H groups in total. The number of likely N-dealkylation sites (tertiary alicyclic amines) is 1. The molecule has 0 atom stereocenters. The number of nitrogens with zero attached hydrogens (tertiary/aromatic N) is 3. The lowest BCUT2D eigenvalue weighted by atomic mass is 9.93. The van der Waals surface area contributed by atoms with Crippen molar-refractivity contribution in [2.75, 3.05) is 26.2 Å². The zero-order chi connectivity index (χ0) is 15.4. The van der Waals surface area contributed by atoms with Crippen LogP contribution in [0.3, 0.4) is 0 Å². The van der Waals surface area contributed by atoms with Crippen molar-refractivity contribution in [2.45, 2.75) is 44.6 Å². The fourth-order valence-corrected chi connectivity index (χ4v) is 3.85. The van der Waals surface area contributed by atoms with Gasteiger partial charge in [0.05, 0.1) is 16.7 Å². The van der Waals surface area contributed by atoms with Gasteiger partial charge in [0.2, 0.25) is 5.91 Å². The summed E-state index contributed by atoms with van der Waals surface area (Å²) in [5, 5.41) is 7.75. The van der Waals surface area contributed by atoms with Gasteiger partial charge in [0, 0.05) is 25.7 Å². The van der Waals surface area contributed by atoms with Gasteiger partial charge in [-0.2, -0.15) is 5.10 Å². The van der Waals surface area contributed by atoms with Crippen LogP contribution in [0.25, 0.3) is 0 Å². The van der Waals surface area contributed by atoms with Crippen LogP contribution < -0.4 is 5.32 Å². The van der Waals surface area contributed by atoms with E-state index in [1.807, 2.05) is 17.1 Å². The van der Waals surface area contributed by atoms with Crippen molar-refractivity contribution < 1.29 is 4.79 Å². The first-order valence-corrected chi connectivity index (χ1v) is 9.20. The summed E-state index contributed by atoms with van der Waals surface area (Å²) in [6.07, 6.45) is 10.1. The van der Waals surface area contributed by atoms with E-state index >= 15 is 0 Å². The lowest BCUT2D eigenvalue weighted by Gasteiger charge is -2.32. The first-order chi connectivity index (χ1) is 10.7. The van der Waals surface area contributed by atoms with Crippen molar-refractivity contribution in [3.63, 3.8) is 0 Å². The predicted molar refractivity (Wildman–Crippen MR) is 89.6 cm³/mol. The maximum atomic E-state index is 12.4. The largest absolute Gasteiger partial charge is 0.343 e. The first kappa shape index (κ1) is 16.0. The maximum Gasteiger partial charge on any atom is 0.222 e. The van der Waals surface area contributed by atoms with Gasteiger partial charge in [0.25, 0.3) is 0 Å². The standard InChI is InChI=1S/C16H25BrN4O/c17-14-11-19-21(12-14)15-5-9-20(10-6-15)16(22)2-1-13-3-7-18-8-4-13/h11-13,15,18H,1-10H2. The first-order valence-electron chi connectivity index (χ1n) is 8.40. The lowest BCUT2D eigenvalue weighted by Crippen LogP contribution is -2.39. The van der Waals surface area contributed by atoms with E-state index in [0.29, 0.717) is 11.9 Å². The zero-order valence-electron chi connectivity index (χ0n) is 13.0. The third kappa shape index (κ3) is 4.10. The maximum absolute atomic E-state index is 12.4. The van der Waals surface area contributed by atoms with E-state index in [0.717, 1.165) is 62.3 Å². The smallest absolute Gasteiger partial charge is 0.222 e. The fraction of sp³-hybridized carbons (Fsp3) is 0.750. The van der Waals surface area contributed by atoms with Crippen LogP contribution in [0.1, 0.15) is 44.6 Å². The van der Waals surface area contributed by atoms with Gasteiger partial charge in [-0.15, -0.1) is 0 Å². The van der Waals surface area contributed by atoms with Crippen LogP contribution in [-0.2, 0) is 4.79 Å². The van der Waals surface area contributed by atoms with Gasteiger partial charge < -0.3 is 10.2 Å². The highest BCUT2D eigenvalue weighted by atomic mass is 79.9. The van der Waals surface area contributed by atoms with Crippen molar-refractivity contribution in [3.8, 4) is 0 Å². The number of carbonyl (C=O) groups excluding carboxylic acids is 1. The molecule has 0 unspecified atom stereocenters. The Labute approximate surface area is 140 Å². The molecule has 0 spiro atoms. The Hall–Kier alpha value is -0.880. The molecule has 3 rings (SSSR count). The minimum atomic E-state index is 0.346. The van der Waals surface area contributed by atoms with Gasteiger partial charge in [-0.3, -0.25) is 9.48 Å². The summed E-state index contributed by atoms with van der Waals surface area (Å²) in [7, 11) is 0. The second kappa shape index (κ2) is 7.59. The van der Waals surface area contributed by atoms with Crippen molar-refractivity contribution in [2.24, 2.45) is 5.92 Å². The summed E-state index contributed by atoms with van der Waals surface area (Å²) in [5.41, 5.74) is 0. The number of hydrogen-bond acceptors (Lipinski definition) is 3. The molecule has 1 amide bonds. The van der Waals surface area contributed by atoms with Gasteiger partial charge in [-0.25, -0.2) is 0 Å². The molecule has 0 bridgehead atoms. The Balaban J connectivity index is 1.41. The third-order valence-corrected chi connectivity index (χ3v) is 5.40. The normalized spacial score (nSPS) is 21.2. The molecule has 0 saturated carbocycles. The van der Waals surface area contributed by atoms with Crippen LogP contribution in [0.4, 0.5) is 0 Å². The van der Waals surface area contributed by atoms with Crippen LogP contribution >= 0.6 is 15.9 Å². The number of hydrogen-bond donors (Lipinski definition) is 1. The minimum absolute atomic E-state index is 0.346. The molecule has 122 valence electrons. The highest BCUT2D eigenvalue weighted by Gasteiger charge is 2.24. The fourth-order valence-electron chi connectivity index (χ4n) is 3.55. The van der Waals surface area contributed by atoms with Crippen molar-refractivity contribution >= 4 is 21.8 Å². The number of halogens is 1. The Morgan fingerprint density at radius 1 is 1.27 bits per heavy atom. The van der Waals surface area contributed by atoms with Crippen LogP contribution in [0, 0.1) is 5.92 Å². The zero-order valence-corrected chi connectivity index (χ0v) is 14.6. The SMILES string of the molecule is O=C(CCC1CCNCC1)N1CCC(n2cc(Br)cn2)CC1. The van der Waals surface area contributed by atoms with Crippen molar-refractivity contribution in [1.82, 2.24) is 20.0 Å². The molecule has 22 heavy (non-hydrogen) atoms. The minimum Gasteiger partial charge on any atom is -0.343 e. The van der Waals surface area contributed by atoms with E-state index < -0.39 is 0 Å². The number of nitrogens with one attached hydrogen (secondary N) is 1.